The summed E-state index contributed by atoms with van der Waals surface area (Å²) in [6, 6.07) is 10.2. The SMILES string of the molecule is C/C(=C1\C=CCCC1O)c1ccccc1. The van der Waals surface area contributed by atoms with E-state index in [1.54, 1.807) is 0 Å². The van der Waals surface area contributed by atoms with Crippen LogP contribution in [0.2, 0.25) is 0 Å². The van der Waals surface area contributed by atoms with Gasteiger partial charge >= 0.3 is 0 Å². The highest BCUT2D eigenvalue weighted by Gasteiger charge is 2.14. The largest absolute Gasteiger partial charge is 0.388 e. The molecular weight excluding hydrogens is 184 g/mol. The summed E-state index contributed by atoms with van der Waals surface area (Å²) in [7, 11) is 0. The van der Waals surface area contributed by atoms with Crippen LogP contribution in [-0.4, -0.2) is 11.2 Å². The quantitative estimate of drug-likeness (QED) is 0.738. The van der Waals surface area contributed by atoms with Gasteiger partial charge < -0.3 is 5.11 Å². The number of aliphatic hydroxyl groups excluding tert-OH is 1. The summed E-state index contributed by atoms with van der Waals surface area (Å²) in [5.41, 5.74) is 3.43. The number of rotatable bonds is 1. The molecule has 0 saturated heterocycles. The summed E-state index contributed by atoms with van der Waals surface area (Å²) in [6.45, 7) is 2.07. The first-order chi connectivity index (χ1) is 7.29. The van der Waals surface area contributed by atoms with Crippen molar-refractivity contribution in [1.29, 1.82) is 0 Å². The van der Waals surface area contributed by atoms with Gasteiger partial charge in [-0.15, -0.1) is 0 Å². The van der Waals surface area contributed by atoms with E-state index in [1.165, 1.54) is 11.1 Å². The Kier molecular flexibility index (Phi) is 3.02. The third-order valence-electron chi connectivity index (χ3n) is 2.90. The van der Waals surface area contributed by atoms with Gasteiger partial charge in [0.1, 0.15) is 0 Å². The molecule has 0 amide bonds. The fraction of sp³-hybridized carbons (Fsp3) is 0.286. The van der Waals surface area contributed by atoms with Crippen LogP contribution in [0.1, 0.15) is 25.3 Å². The van der Waals surface area contributed by atoms with Gasteiger partial charge in [-0.05, 0) is 36.5 Å². The summed E-state index contributed by atoms with van der Waals surface area (Å²) in [4.78, 5) is 0. The number of allylic oxidation sites excluding steroid dienone is 2. The monoisotopic (exact) mass is 200 g/mol. The van der Waals surface area contributed by atoms with Crippen molar-refractivity contribution in [3.8, 4) is 0 Å². The molecule has 1 aromatic carbocycles. The summed E-state index contributed by atoms with van der Waals surface area (Å²) < 4.78 is 0. The average molecular weight is 200 g/mol. The predicted molar refractivity (Wildman–Crippen MR) is 63.4 cm³/mol. The van der Waals surface area contributed by atoms with Crippen molar-refractivity contribution < 1.29 is 5.11 Å². The lowest BCUT2D eigenvalue weighted by atomic mass is 9.91. The maximum Gasteiger partial charge on any atom is 0.0795 e. The van der Waals surface area contributed by atoms with Crippen LogP contribution >= 0.6 is 0 Å². The molecule has 0 spiro atoms. The van der Waals surface area contributed by atoms with E-state index in [0.29, 0.717) is 0 Å². The van der Waals surface area contributed by atoms with E-state index in [4.69, 9.17) is 0 Å². The zero-order chi connectivity index (χ0) is 10.7. The van der Waals surface area contributed by atoms with Crippen molar-refractivity contribution in [3.05, 3.63) is 53.6 Å². The Balaban J connectivity index is 2.40. The van der Waals surface area contributed by atoms with Gasteiger partial charge in [-0.1, -0.05) is 42.5 Å². The molecule has 0 aromatic heterocycles. The molecule has 1 unspecified atom stereocenters. The van der Waals surface area contributed by atoms with Crippen LogP contribution in [0.5, 0.6) is 0 Å². The fourth-order valence-corrected chi connectivity index (χ4v) is 1.96. The number of hydrogen-bond acceptors (Lipinski definition) is 1. The Morgan fingerprint density at radius 2 is 2.00 bits per heavy atom. The molecular formula is C14H16O. The van der Waals surface area contributed by atoms with Crippen molar-refractivity contribution in [2.75, 3.05) is 0 Å². The maximum atomic E-state index is 9.89. The standard InChI is InChI=1S/C14H16O/c1-11(12-7-3-2-4-8-12)13-9-5-6-10-14(13)15/h2-5,7-9,14-15H,6,10H2,1H3/b13-11-. The Hall–Kier alpha value is -1.34. The number of aliphatic hydroxyl groups is 1. The summed E-state index contributed by atoms with van der Waals surface area (Å²) in [5.74, 6) is 0. The average Bonchev–Trinajstić information content (AvgIpc) is 2.30. The molecule has 0 saturated carbocycles. The third-order valence-corrected chi connectivity index (χ3v) is 2.90. The smallest absolute Gasteiger partial charge is 0.0795 e. The maximum absolute atomic E-state index is 9.89. The molecule has 1 N–H and O–H groups in total. The lowest BCUT2D eigenvalue weighted by molar-refractivity contribution is 0.202. The molecule has 1 aliphatic rings. The van der Waals surface area contributed by atoms with Crippen LogP contribution in [0.15, 0.2) is 48.1 Å². The van der Waals surface area contributed by atoms with Crippen LogP contribution in [0, 0.1) is 0 Å². The molecule has 1 aliphatic carbocycles. The van der Waals surface area contributed by atoms with Crippen molar-refractivity contribution in [2.45, 2.75) is 25.9 Å². The molecule has 1 heteroatoms. The van der Waals surface area contributed by atoms with Crippen molar-refractivity contribution in [2.24, 2.45) is 0 Å². The van der Waals surface area contributed by atoms with Gasteiger partial charge in [0.25, 0.3) is 0 Å². The van der Waals surface area contributed by atoms with E-state index in [1.807, 2.05) is 18.2 Å². The molecule has 1 atom stereocenters. The van der Waals surface area contributed by atoms with Crippen LogP contribution in [0.4, 0.5) is 0 Å². The fourth-order valence-electron chi connectivity index (χ4n) is 1.96. The van der Waals surface area contributed by atoms with E-state index in [2.05, 4.69) is 31.2 Å². The lowest BCUT2D eigenvalue weighted by Crippen LogP contribution is -2.12. The normalized spacial score (nSPS) is 24.0. The molecule has 1 aromatic rings. The minimum Gasteiger partial charge on any atom is -0.388 e. The van der Waals surface area contributed by atoms with Gasteiger partial charge in [-0.25, -0.2) is 0 Å². The first-order valence-corrected chi connectivity index (χ1v) is 5.40. The van der Waals surface area contributed by atoms with Crippen molar-refractivity contribution in [1.82, 2.24) is 0 Å². The van der Waals surface area contributed by atoms with E-state index < -0.39 is 0 Å². The van der Waals surface area contributed by atoms with Gasteiger partial charge in [-0.3, -0.25) is 0 Å². The summed E-state index contributed by atoms with van der Waals surface area (Å²) >= 11 is 0. The zero-order valence-electron chi connectivity index (χ0n) is 8.98. The second-order valence-electron chi connectivity index (χ2n) is 3.94. The van der Waals surface area contributed by atoms with Crippen LogP contribution in [-0.2, 0) is 0 Å². The topological polar surface area (TPSA) is 20.2 Å². The first kappa shape index (κ1) is 10.2. The second-order valence-corrected chi connectivity index (χ2v) is 3.94. The van der Waals surface area contributed by atoms with E-state index in [9.17, 15) is 5.11 Å². The minimum absolute atomic E-state index is 0.296. The van der Waals surface area contributed by atoms with E-state index in [0.717, 1.165) is 18.4 Å². The van der Waals surface area contributed by atoms with E-state index in [-0.39, 0.29) is 6.10 Å². The van der Waals surface area contributed by atoms with Gasteiger partial charge in [0.05, 0.1) is 6.10 Å². The molecule has 0 aliphatic heterocycles. The predicted octanol–water partition coefficient (Wildman–Crippen LogP) is 3.17. The third kappa shape index (κ3) is 2.18. The molecule has 15 heavy (non-hydrogen) atoms. The van der Waals surface area contributed by atoms with Crippen molar-refractivity contribution in [3.63, 3.8) is 0 Å². The molecule has 0 heterocycles. The van der Waals surface area contributed by atoms with Crippen LogP contribution in [0.25, 0.3) is 5.57 Å². The minimum atomic E-state index is -0.296. The van der Waals surface area contributed by atoms with E-state index >= 15 is 0 Å². The molecule has 0 fully saturated rings. The highest BCUT2D eigenvalue weighted by Crippen LogP contribution is 2.26. The second kappa shape index (κ2) is 4.45. The highest BCUT2D eigenvalue weighted by molar-refractivity contribution is 5.70. The molecule has 78 valence electrons. The van der Waals surface area contributed by atoms with Crippen LogP contribution < -0.4 is 0 Å². The van der Waals surface area contributed by atoms with Gasteiger partial charge in [-0.2, -0.15) is 0 Å². The number of hydrogen-bond donors (Lipinski definition) is 1. The summed E-state index contributed by atoms with van der Waals surface area (Å²) in [6.07, 6.45) is 5.71. The Bertz CT molecular complexity index is 387. The molecule has 2 rings (SSSR count). The first-order valence-electron chi connectivity index (χ1n) is 5.40. The Morgan fingerprint density at radius 1 is 1.27 bits per heavy atom. The molecule has 0 bridgehead atoms. The molecule has 0 radical (unpaired) electrons. The molecule has 1 nitrogen and oxygen atoms in total. The van der Waals surface area contributed by atoms with Crippen LogP contribution in [0.3, 0.4) is 0 Å². The number of benzene rings is 1. The summed E-state index contributed by atoms with van der Waals surface area (Å²) in [5, 5.41) is 9.89. The van der Waals surface area contributed by atoms with Gasteiger partial charge in [0.15, 0.2) is 0 Å². The Labute approximate surface area is 90.8 Å². The Morgan fingerprint density at radius 3 is 2.67 bits per heavy atom. The van der Waals surface area contributed by atoms with Crippen molar-refractivity contribution >= 4 is 5.57 Å². The van der Waals surface area contributed by atoms with Gasteiger partial charge in [0.2, 0.25) is 0 Å². The van der Waals surface area contributed by atoms with Gasteiger partial charge in [0, 0.05) is 0 Å². The highest BCUT2D eigenvalue weighted by atomic mass is 16.3. The zero-order valence-corrected chi connectivity index (χ0v) is 8.98. The lowest BCUT2D eigenvalue weighted by Gasteiger charge is -2.18.